The summed E-state index contributed by atoms with van der Waals surface area (Å²) in [7, 11) is 0. The van der Waals surface area contributed by atoms with Gasteiger partial charge < -0.3 is 9.64 Å². The number of ether oxygens (including phenoxy) is 1. The van der Waals surface area contributed by atoms with Crippen molar-refractivity contribution in [1.82, 2.24) is 4.90 Å². The SMILES string of the molecule is CC(=O)SC1CC(=O)N(CCOCc2ccccc2)C1. The van der Waals surface area contributed by atoms with Crippen molar-refractivity contribution in [3.63, 3.8) is 0 Å². The summed E-state index contributed by atoms with van der Waals surface area (Å²) in [4.78, 5) is 24.6. The number of hydrogen-bond acceptors (Lipinski definition) is 4. The van der Waals surface area contributed by atoms with Gasteiger partial charge in [0.1, 0.15) is 0 Å². The maximum Gasteiger partial charge on any atom is 0.223 e. The van der Waals surface area contributed by atoms with Gasteiger partial charge in [0.05, 0.1) is 13.2 Å². The van der Waals surface area contributed by atoms with E-state index in [-0.39, 0.29) is 16.3 Å². The Morgan fingerprint density at radius 2 is 2.15 bits per heavy atom. The highest BCUT2D eigenvalue weighted by Gasteiger charge is 2.30. The number of carbonyl (C=O) groups is 2. The highest BCUT2D eigenvalue weighted by atomic mass is 32.2. The largest absolute Gasteiger partial charge is 0.375 e. The van der Waals surface area contributed by atoms with Crippen molar-refractivity contribution < 1.29 is 14.3 Å². The summed E-state index contributed by atoms with van der Waals surface area (Å²) in [5, 5.41) is 0.180. The lowest BCUT2D eigenvalue weighted by Crippen LogP contribution is -2.29. The third kappa shape index (κ3) is 4.65. The quantitative estimate of drug-likeness (QED) is 0.753. The Kier molecular flexibility index (Phi) is 5.61. The molecular weight excluding hydrogens is 274 g/mol. The fraction of sp³-hybridized carbons (Fsp3) is 0.467. The summed E-state index contributed by atoms with van der Waals surface area (Å²) in [6.07, 6.45) is 0.461. The first-order chi connectivity index (χ1) is 9.65. The Hall–Kier alpha value is -1.33. The van der Waals surface area contributed by atoms with Gasteiger partial charge in [-0.05, 0) is 5.56 Å². The zero-order valence-corrected chi connectivity index (χ0v) is 12.4. The molecule has 0 radical (unpaired) electrons. The summed E-state index contributed by atoms with van der Waals surface area (Å²) >= 11 is 1.26. The Balaban J connectivity index is 1.67. The predicted molar refractivity (Wildman–Crippen MR) is 79.4 cm³/mol. The van der Waals surface area contributed by atoms with E-state index >= 15 is 0 Å². The molecule has 1 saturated heterocycles. The standard InChI is InChI=1S/C15H19NO3S/c1-12(17)20-14-9-15(18)16(10-14)7-8-19-11-13-5-3-2-4-6-13/h2-6,14H,7-11H2,1H3. The monoisotopic (exact) mass is 293 g/mol. The summed E-state index contributed by atoms with van der Waals surface area (Å²) in [5.41, 5.74) is 1.13. The van der Waals surface area contributed by atoms with Crippen LogP contribution in [0.25, 0.3) is 0 Å². The lowest BCUT2D eigenvalue weighted by Gasteiger charge is -2.16. The molecule has 0 aromatic heterocycles. The molecule has 5 heteroatoms. The molecule has 1 amide bonds. The molecule has 0 aliphatic carbocycles. The van der Waals surface area contributed by atoms with E-state index in [9.17, 15) is 9.59 Å². The van der Waals surface area contributed by atoms with Crippen molar-refractivity contribution in [3.05, 3.63) is 35.9 Å². The van der Waals surface area contributed by atoms with Gasteiger partial charge in [-0.25, -0.2) is 0 Å². The van der Waals surface area contributed by atoms with Gasteiger partial charge in [0, 0.05) is 31.7 Å². The van der Waals surface area contributed by atoms with E-state index in [1.807, 2.05) is 30.3 Å². The van der Waals surface area contributed by atoms with Crippen LogP contribution in [0, 0.1) is 0 Å². The minimum Gasteiger partial charge on any atom is -0.375 e. The lowest BCUT2D eigenvalue weighted by molar-refractivity contribution is -0.128. The van der Waals surface area contributed by atoms with Crippen LogP contribution in [0.2, 0.25) is 0 Å². The van der Waals surface area contributed by atoms with Crippen LogP contribution in [0.5, 0.6) is 0 Å². The van der Waals surface area contributed by atoms with Gasteiger partial charge in [-0.1, -0.05) is 42.1 Å². The second-order valence-electron chi connectivity index (χ2n) is 4.81. The minimum atomic E-state index is 0.0741. The number of carbonyl (C=O) groups excluding carboxylic acids is 2. The Bertz CT molecular complexity index is 463. The van der Waals surface area contributed by atoms with Crippen LogP contribution in [0.4, 0.5) is 0 Å². The molecule has 108 valence electrons. The Labute approximate surface area is 123 Å². The number of nitrogens with zero attached hydrogens (tertiary/aromatic N) is 1. The van der Waals surface area contributed by atoms with Crippen LogP contribution in [0.3, 0.4) is 0 Å². The van der Waals surface area contributed by atoms with Gasteiger partial charge in [-0.2, -0.15) is 0 Å². The average molecular weight is 293 g/mol. The van der Waals surface area contributed by atoms with Crippen molar-refractivity contribution in [2.45, 2.75) is 25.2 Å². The van der Waals surface area contributed by atoms with E-state index in [1.165, 1.54) is 11.8 Å². The third-order valence-electron chi connectivity index (χ3n) is 3.13. The first kappa shape index (κ1) is 15.1. The van der Waals surface area contributed by atoms with Gasteiger partial charge >= 0.3 is 0 Å². The van der Waals surface area contributed by atoms with Crippen LogP contribution in [-0.2, 0) is 20.9 Å². The number of rotatable bonds is 6. The molecule has 1 atom stereocenters. The van der Waals surface area contributed by atoms with Crippen molar-refractivity contribution >= 4 is 22.8 Å². The van der Waals surface area contributed by atoms with E-state index in [4.69, 9.17) is 4.74 Å². The summed E-state index contributed by atoms with van der Waals surface area (Å²) in [5.74, 6) is 0.118. The molecular formula is C15H19NO3S. The third-order valence-corrected chi connectivity index (χ3v) is 4.11. The fourth-order valence-corrected chi connectivity index (χ4v) is 3.15. The molecule has 1 heterocycles. The van der Waals surface area contributed by atoms with Crippen LogP contribution in [0.15, 0.2) is 30.3 Å². The van der Waals surface area contributed by atoms with Gasteiger partial charge in [0.2, 0.25) is 5.91 Å². The second-order valence-corrected chi connectivity index (χ2v) is 6.29. The topological polar surface area (TPSA) is 46.6 Å². The molecule has 0 N–H and O–H groups in total. The molecule has 1 fully saturated rings. The van der Waals surface area contributed by atoms with E-state index in [2.05, 4.69) is 0 Å². The van der Waals surface area contributed by atoms with Crippen molar-refractivity contribution in [2.75, 3.05) is 19.7 Å². The molecule has 4 nitrogen and oxygen atoms in total. The Morgan fingerprint density at radius 1 is 1.40 bits per heavy atom. The van der Waals surface area contributed by atoms with Crippen molar-refractivity contribution in [1.29, 1.82) is 0 Å². The molecule has 1 aliphatic rings. The van der Waals surface area contributed by atoms with Crippen molar-refractivity contribution in [2.24, 2.45) is 0 Å². The number of hydrogen-bond donors (Lipinski definition) is 0. The lowest BCUT2D eigenvalue weighted by atomic mass is 10.2. The van der Waals surface area contributed by atoms with Crippen LogP contribution < -0.4 is 0 Å². The average Bonchev–Trinajstić information content (AvgIpc) is 2.75. The van der Waals surface area contributed by atoms with E-state index in [0.717, 1.165) is 5.56 Å². The van der Waals surface area contributed by atoms with Gasteiger partial charge in [-0.3, -0.25) is 9.59 Å². The van der Waals surface area contributed by atoms with Gasteiger partial charge in [-0.15, -0.1) is 0 Å². The molecule has 0 bridgehead atoms. The number of amides is 1. The van der Waals surface area contributed by atoms with E-state index in [0.29, 0.717) is 32.7 Å². The highest BCUT2D eigenvalue weighted by Crippen LogP contribution is 2.23. The zero-order valence-electron chi connectivity index (χ0n) is 11.6. The molecule has 1 aromatic carbocycles. The maximum absolute atomic E-state index is 11.8. The summed E-state index contributed by atoms with van der Waals surface area (Å²) in [6, 6.07) is 9.96. The first-order valence-corrected chi connectivity index (χ1v) is 7.60. The van der Waals surface area contributed by atoms with E-state index < -0.39 is 0 Å². The van der Waals surface area contributed by atoms with Crippen LogP contribution in [0.1, 0.15) is 18.9 Å². The van der Waals surface area contributed by atoms with Crippen molar-refractivity contribution in [3.8, 4) is 0 Å². The molecule has 1 unspecified atom stereocenters. The molecule has 0 spiro atoms. The molecule has 1 aliphatic heterocycles. The maximum atomic E-state index is 11.8. The molecule has 1 aromatic rings. The predicted octanol–water partition coefficient (Wildman–Crippen LogP) is 2.08. The van der Waals surface area contributed by atoms with Crippen LogP contribution >= 0.6 is 11.8 Å². The number of likely N-dealkylation sites (tertiary alicyclic amines) is 1. The van der Waals surface area contributed by atoms with Gasteiger partial charge in [0.15, 0.2) is 5.12 Å². The molecule has 20 heavy (non-hydrogen) atoms. The van der Waals surface area contributed by atoms with Gasteiger partial charge in [0.25, 0.3) is 0 Å². The first-order valence-electron chi connectivity index (χ1n) is 6.72. The summed E-state index contributed by atoms with van der Waals surface area (Å²) in [6.45, 7) is 3.88. The normalized spacial score (nSPS) is 18.6. The highest BCUT2D eigenvalue weighted by molar-refractivity contribution is 8.14. The smallest absolute Gasteiger partial charge is 0.223 e. The Morgan fingerprint density at radius 3 is 2.85 bits per heavy atom. The second kappa shape index (κ2) is 7.45. The molecule has 0 saturated carbocycles. The van der Waals surface area contributed by atoms with E-state index in [1.54, 1.807) is 11.8 Å². The summed E-state index contributed by atoms with van der Waals surface area (Å²) < 4.78 is 5.58. The number of benzene rings is 1. The fourth-order valence-electron chi connectivity index (χ4n) is 2.20. The number of thioether (sulfide) groups is 1. The molecule has 2 rings (SSSR count). The minimum absolute atomic E-state index is 0.0741. The van der Waals surface area contributed by atoms with Crippen LogP contribution in [-0.4, -0.2) is 40.9 Å². The zero-order chi connectivity index (χ0) is 14.4.